The fourth-order valence-electron chi connectivity index (χ4n) is 6.21. The first kappa shape index (κ1) is 25.6. The third kappa shape index (κ3) is 5.28. The third-order valence-corrected chi connectivity index (χ3v) is 8.24. The highest BCUT2D eigenvalue weighted by atomic mass is 19.1. The Balaban J connectivity index is 1.14. The fraction of sp³-hybridized carbons (Fsp3) is 0.375. The van der Waals surface area contributed by atoms with Crippen LogP contribution in [0.3, 0.4) is 0 Å². The lowest BCUT2D eigenvalue weighted by Crippen LogP contribution is -2.52. The summed E-state index contributed by atoms with van der Waals surface area (Å²) in [6.07, 6.45) is 2.95. The van der Waals surface area contributed by atoms with Gasteiger partial charge in [-0.3, -0.25) is 14.3 Å². The molecule has 2 saturated heterocycles. The summed E-state index contributed by atoms with van der Waals surface area (Å²) >= 11 is 0. The number of piperazine rings is 1. The van der Waals surface area contributed by atoms with Crippen molar-refractivity contribution in [1.82, 2.24) is 19.4 Å². The quantitative estimate of drug-likeness (QED) is 0.343. The van der Waals surface area contributed by atoms with Gasteiger partial charge < -0.3 is 9.80 Å². The van der Waals surface area contributed by atoms with Crippen molar-refractivity contribution < 1.29 is 9.18 Å². The number of imidazole rings is 1. The second kappa shape index (κ2) is 11.2. The molecule has 202 valence electrons. The van der Waals surface area contributed by atoms with E-state index in [1.165, 1.54) is 23.4 Å². The molecular weight excluding hydrogens is 489 g/mol. The normalized spacial score (nSPS) is 18.6. The van der Waals surface area contributed by atoms with Crippen LogP contribution in [-0.4, -0.2) is 64.5 Å². The summed E-state index contributed by atoms with van der Waals surface area (Å²) < 4.78 is 15.8. The number of rotatable bonds is 6. The summed E-state index contributed by atoms with van der Waals surface area (Å²) in [6, 6.07) is 23.3. The number of anilines is 1. The van der Waals surface area contributed by atoms with E-state index in [0.29, 0.717) is 6.54 Å². The number of fused-ring (bicyclic) bond motifs is 1. The molecule has 2 aliphatic rings. The van der Waals surface area contributed by atoms with Gasteiger partial charge in [-0.1, -0.05) is 37.3 Å². The molecule has 2 aliphatic heterocycles. The number of aromatic nitrogens is 2. The zero-order valence-corrected chi connectivity index (χ0v) is 22.6. The predicted octanol–water partition coefficient (Wildman–Crippen LogP) is 5.29. The smallest absolute Gasteiger partial charge is 0.227 e. The van der Waals surface area contributed by atoms with E-state index in [9.17, 15) is 9.18 Å². The van der Waals surface area contributed by atoms with Crippen molar-refractivity contribution in [2.24, 2.45) is 5.92 Å². The first-order valence-electron chi connectivity index (χ1n) is 14.2. The van der Waals surface area contributed by atoms with Gasteiger partial charge in [0.2, 0.25) is 5.91 Å². The number of benzene rings is 3. The lowest BCUT2D eigenvalue weighted by Gasteiger charge is -2.40. The predicted molar refractivity (Wildman–Crippen MR) is 154 cm³/mol. The molecule has 0 N–H and O–H groups in total. The van der Waals surface area contributed by atoms with Gasteiger partial charge in [-0.05, 0) is 73.8 Å². The number of amides is 1. The first-order valence-corrected chi connectivity index (χ1v) is 14.2. The maximum absolute atomic E-state index is 13.7. The Morgan fingerprint density at radius 1 is 0.923 bits per heavy atom. The van der Waals surface area contributed by atoms with Gasteiger partial charge in [0, 0.05) is 44.1 Å². The van der Waals surface area contributed by atoms with E-state index in [2.05, 4.69) is 56.5 Å². The molecule has 0 radical (unpaired) electrons. The maximum Gasteiger partial charge on any atom is 0.227 e. The van der Waals surface area contributed by atoms with Gasteiger partial charge in [-0.15, -0.1) is 0 Å². The lowest BCUT2D eigenvalue weighted by molar-refractivity contribution is -0.137. The van der Waals surface area contributed by atoms with Gasteiger partial charge in [-0.2, -0.15) is 0 Å². The number of halogens is 1. The van der Waals surface area contributed by atoms with Gasteiger partial charge in [0.05, 0.1) is 23.5 Å². The molecule has 39 heavy (non-hydrogen) atoms. The van der Waals surface area contributed by atoms with E-state index in [1.54, 1.807) is 12.1 Å². The van der Waals surface area contributed by atoms with Gasteiger partial charge in [0.1, 0.15) is 11.6 Å². The molecular formula is C32H36FN5O. The zero-order chi connectivity index (χ0) is 26.8. The lowest BCUT2D eigenvalue weighted by atomic mass is 9.96. The summed E-state index contributed by atoms with van der Waals surface area (Å²) in [7, 11) is 0. The molecule has 3 heterocycles. The summed E-state index contributed by atoms with van der Waals surface area (Å²) in [4.78, 5) is 25.4. The summed E-state index contributed by atoms with van der Waals surface area (Å²) in [5.74, 6) is 0.962. The molecule has 6 nitrogen and oxygen atoms in total. The van der Waals surface area contributed by atoms with E-state index in [4.69, 9.17) is 4.98 Å². The fourth-order valence-corrected chi connectivity index (χ4v) is 6.21. The van der Waals surface area contributed by atoms with E-state index < -0.39 is 0 Å². The Kier molecular flexibility index (Phi) is 7.33. The molecule has 0 unspecified atom stereocenters. The van der Waals surface area contributed by atoms with Gasteiger partial charge in [-0.25, -0.2) is 9.37 Å². The Bertz CT molecular complexity index is 1440. The minimum absolute atomic E-state index is 0.0110. The number of para-hydroxylation sites is 3. The second-order valence-electron chi connectivity index (χ2n) is 10.7. The molecule has 0 saturated carbocycles. The molecule has 3 aromatic carbocycles. The van der Waals surface area contributed by atoms with Crippen molar-refractivity contribution in [3.05, 3.63) is 90.0 Å². The van der Waals surface area contributed by atoms with Crippen LogP contribution in [0.2, 0.25) is 0 Å². The molecule has 0 aliphatic carbocycles. The van der Waals surface area contributed by atoms with E-state index >= 15 is 0 Å². The number of aryl methyl sites for hydroxylation is 1. The number of likely N-dealkylation sites (tertiary alicyclic amines) is 1. The molecule has 1 amide bonds. The van der Waals surface area contributed by atoms with Crippen molar-refractivity contribution in [2.75, 3.05) is 44.2 Å². The van der Waals surface area contributed by atoms with Gasteiger partial charge >= 0.3 is 0 Å². The Hall–Kier alpha value is -3.71. The summed E-state index contributed by atoms with van der Waals surface area (Å²) in [5, 5.41) is 0. The molecule has 0 spiro atoms. The first-order chi connectivity index (χ1) is 19.1. The van der Waals surface area contributed by atoms with Crippen molar-refractivity contribution >= 4 is 22.6 Å². The number of nitrogens with zero attached hydrogens (tertiary/aromatic N) is 5. The van der Waals surface area contributed by atoms with Crippen LogP contribution in [-0.2, 0) is 17.8 Å². The highest BCUT2D eigenvalue weighted by Gasteiger charge is 2.32. The van der Waals surface area contributed by atoms with E-state index in [1.807, 2.05) is 18.2 Å². The second-order valence-corrected chi connectivity index (χ2v) is 10.7. The molecule has 4 aromatic rings. The standard InChI is InChI=1S/C32H36FN5O/c1-2-24-8-3-5-11-29(24)36-18-20-37(21-19-36)32(39)25-9-7-17-35(22-25)23-31-34-28-10-4-6-12-30(28)38(31)27-15-13-26(33)14-16-27/h3-6,8,10-16,25H,2,7,9,17-23H2,1H3/t25-/m0/s1. The maximum atomic E-state index is 13.7. The average Bonchev–Trinajstić information content (AvgIpc) is 3.35. The largest absolute Gasteiger partial charge is 0.368 e. The van der Waals surface area contributed by atoms with Gasteiger partial charge in [0.15, 0.2) is 0 Å². The van der Waals surface area contributed by atoms with Crippen LogP contribution in [0.15, 0.2) is 72.8 Å². The Morgan fingerprint density at radius 2 is 1.67 bits per heavy atom. The number of carbonyl (C=O) groups is 1. The van der Waals surface area contributed by atoms with Crippen LogP contribution in [0.5, 0.6) is 0 Å². The third-order valence-electron chi connectivity index (χ3n) is 8.24. The van der Waals surface area contributed by atoms with Gasteiger partial charge in [0.25, 0.3) is 0 Å². The van der Waals surface area contributed by atoms with Crippen molar-refractivity contribution in [2.45, 2.75) is 32.7 Å². The molecule has 1 atom stereocenters. The topological polar surface area (TPSA) is 44.6 Å². The van der Waals surface area contributed by atoms with Crippen molar-refractivity contribution in [3.8, 4) is 5.69 Å². The molecule has 2 fully saturated rings. The highest BCUT2D eigenvalue weighted by Crippen LogP contribution is 2.27. The number of hydrogen-bond acceptors (Lipinski definition) is 4. The van der Waals surface area contributed by atoms with E-state index in [0.717, 1.165) is 81.1 Å². The zero-order valence-electron chi connectivity index (χ0n) is 22.6. The average molecular weight is 526 g/mol. The minimum Gasteiger partial charge on any atom is -0.368 e. The molecule has 6 rings (SSSR count). The van der Waals surface area contributed by atoms with Crippen molar-refractivity contribution in [1.29, 1.82) is 0 Å². The molecule has 1 aromatic heterocycles. The molecule has 0 bridgehead atoms. The SMILES string of the molecule is CCc1ccccc1N1CCN(C(=O)[C@H]2CCCN(Cc3nc4ccccc4n3-c3ccc(F)cc3)C2)CC1. The van der Waals surface area contributed by atoms with Crippen LogP contribution < -0.4 is 4.90 Å². The summed E-state index contributed by atoms with van der Waals surface area (Å²) in [5.41, 5.74) is 5.49. The highest BCUT2D eigenvalue weighted by molar-refractivity contribution is 5.80. The van der Waals surface area contributed by atoms with Crippen molar-refractivity contribution in [3.63, 3.8) is 0 Å². The van der Waals surface area contributed by atoms with E-state index in [-0.39, 0.29) is 17.6 Å². The minimum atomic E-state index is -0.252. The van der Waals surface area contributed by atoms with Crippen LogP contribution in [0.25, 0.3) is 16.7 Å². The number of carbonyl (C=O) groups excluding carboxylic acids is 1. The van der Waals surface area contributed by atoms with Crippen LogP contribution in [0.4, 0.5) is 10.1 Å². The Morgan fingerprint density at radius 3 is 2.46 bits per heavy atom. The van der Waals surface area contributed by atoms with Crippen LogP contribution in [0.1, 0.15) is 31.2 Å². The number of piperidine rings is 1. The van der Waals surface area contributed by atoms with Crippen LogP contribution in [0, 0.1) is 11.7 Å². The molecule has 7 heteroatoms. The summed E-state index contributed by atoms with van der Waals surface area (Å²) in [6.45, 7) is 7.82. The monoisotopic (exact) mass is 525 g/mol. The van der Waals surface area contributed by atoms with Crippen LogP contribution >= 0.6 is 0 Å². The number of hydrogen-bond donors (Lipinski definition) is 0. The Labute approximate surface area is 229 Å².